The number of hydrogen-bond donors (Lipinski definition) is 2. The van der Waals surface area contributed by atoms with Gasteiger partial charge in [0.1, 0.15) is 6.04 Å². The minimum atomic E-state index is -0.909. The molecule has 0 aromatic carbocycles. The Labute approximate surface area is 80.2 Å². The third kappa shape index (κ3) is 3.04. The summed E-state index contributed by atoms with van der Waals surface area (Å²) in [4.78, 5) is 10.7. The maximum Gasteiger partial charge on any atom is 0.328 e. The molecule has 1 atom stereocenters. The summed E-state index contributed by atoms with van der Waals surface area (Å²) in [5.41, 5.74) is 0.814. The van der Waals surface area contributed by atoms with Gasteiger partial charge in [0.05, 0.1) is 6.61 Å². The van der Waals surface area contributed by atoms with E-state index in [4.69, 9.17) is 9.84 Å². The van der Waals surface area contributed by atoms with Crippen LogP contribution in [0.15, 0.2) is 16.8 Å². The highest BCUT2D eigenvalue weighted by molar-refractivity contribution is 7.08. The lowest BCUT2D eigenvalue weighted by molar-refractivity contribution is -0.139. The third-order valence-corrected chi connectivity index (χ3v) is 2.18. The lowest BCUT2D eigenvalue weighted by Crippen LogP contribution is -2.33. The number of methoxy groups -OCH3 is 1. The number of ether oxygens (including phenoxy) is 1. The van der Waals surface area contributed by atoms with E-state index in [1.807, 2.05) is 16.8 Å². The van der Waals surface area contributed by atoms with Crippen molar-refractivity contribution in [2.24, 2.45) is 0 Å². The summed E-state index contributed by atoms with van der Waals surface area (Å²) >= 11 is 1.52. The summed E-state index contributed by atoms with van der Waals surface area (Å²) < 4.78 is 4.77. The Hall–Kier alpha value is -1.07. The fourth-order valence-corrected chi connectivity index (χ4v) is 1.49. The molecule has 2 N–H and O–H groups in total. The molecule has 0 aliphatic carbocycles. The van der Waals surface area contributed by atoms with Crippen LogP contribution < -0.4 is 5.32 Å². The summed E-state index contributed by atoms with van der Waals surface area (Å²) in [6, 6.07) is 1.15. The highest BCUT2D eigenvalue weighted by atomic mass is 32.1. The molecule has 0 aliphatic heterocycles. The number of anilines is 1. The SMILES string of the molecule is COCC(Nc1ccsc1)C(=O)O. The molecule has 0 aliphatic rings. The quantitative estimate of drug-likeness (QED) is 0.753. The van der Waals surface area contributed by atoms with Crippen molar-refractivity contribution in [3.05, 3.63) is 16.8 Å². The molecule has 4 nitrogen and oxygen atoms in total. The van der Waals surface area contributed by atoms with Crippen LogP contribution in [0.5, 0.6) is 0 Å². The van der Waals surface area contributed by atoms with Crippen molar-refractivity contribution >= 4 is 23.0 Å². The first-order valence-electron chi connectivity index (χ1n) is 3.74. The number of nitrogens with one attached hydrogen (secondary N) is 1. The zero-order valence-corrected chi connectivity index (χ0v) is 8.00. The van der Waals surface area contributed by atoms with Crippen molar-refractivity contribution in [2.45, 2.75) is 6.04 Å². The van der Waals surface area contributed by atoms with E-state index >= 15 is 0 Å². The average Bonchev–Trinajstić information content (AvgIpc) is 2.56. The van der Waals surface area contributed by atoms with Crippen molar-refractivity contribution in [1.82, 2.24) is 0 Å². The molecule has 1 unspecified atom stereocenters. The number of rotatable bonds is 5. The molecule has 1 heterocycles. The fourth-order valence-electron chi connectivity index (χ4n) is 0.889. The molecule has 0 fully saturated rings. The van der Waals surface area contributed by atoms with Gasteiger partial charge in [-0.2, -0.15) is 11.3 Å². The van der Waals surface area contributed by atoms with Gasteiger partial charge in [0.25, 0.3) is 0 Å². The van der Waals surface area contributed by atoms with Crippen molar-refractivity contribution in [2.75, 3.05) is 19.0 Å². The van der Waals surface area contributed by atoms with E-state index in [9.17, 15) is 4.79 Å². The minimum Gasteiger partial charge on any atom is -0.480 e. The zero-order chi connectivity index (χ0) is 9.68. The number of thiophene rings is 1. The topological polar surface area (TPSA) is 58.6 Å². The Morgan fingerprint density at radius 1 is 1.85 bits per heavy atom. The van der Waals surface area contributed by atoms with Crippen LogP contribution in [0.1, 0.15) is 0 Å². The van der Waals surface area contributed by atoms with E-state index < -0.39 is 12.0 Å². The maximum absolute atomic E-state index is 10.7. The monoisotopic (exact) mass is 201 g/mol. The molecule has 1 aromatic heterocycles. The minimum absolute atomic E-state index is 0.158. The normalized spacial score (nSPS) is 12.4. The molecule has 1 rings (SSSR count). The Balaban J connectivity index is 2.52. The molecule has 5 heteroatoms. The van der Waals surface area contributed by atoms with Crippen LogP contribution in [0.2, 0.25) is 0 Å². The lowest BCUT2D eigenvalue weighted by Gasteiger charge is -2.12. The van der Waals surface area contributed by atoms with Gasteiger partial charge in [-0.25, -0.2) is 4.79 Å². The van der Waals surface area contributed by atoms with Crippen LogP contribution in [0.25, 0.3) is 0 Å². The van der Waals surface area contributed by atoms with Crippen LogP contribution >= 0.6 is 11.3 Å². The van der Waals surface area contributed by atoms with Gasteiger partial charge < -0.3 is 15.2 Å². The van der Waals surface area contributed by atoms with Gasteiger partial charge in [-0.05, 0) is 11.4 Å². The molecule has 1 aromatic rings. The predicted molar refractivity (Wildman–Crippen MR) is 51.2 cm³/mol. The number of carboxylic acid groups (broad SMARTS) is 1. The first-order chi connectivity index (χ1) is 6.24. The van der Waals surface area contributed by atoms with Crippen molar-refractivity contribution in [1.29, 1.82) is 0 Å². The second-order valence-electron chi connectivity index (χ2n) is 2.50. The first-order valence-corrected chi connectivity index (χ1v) is 4.69. The predicted octanol–water partition coefficient (Wildman–Crippen LogP) is 1.26. The van der Waals surface area contributed by atoms with Gasteiger partial charge in [-0.1, -0.05) is 0 Å². The molecular formula is C8H11NO3S. The average molecular weight is 201 g/mol. The number of carboxylic acids is 1. The molecule has 0 radical (unpaired) electrons. The van der Waals surface area contributed by atoms with Gasteiger partial charge in [-0.15, -0.1) is 0 Å². The zero-order valence-electron chi connectivity index (χ0n) is 7.19. The second kappa shape index (κ2) is 4.84. The Morgan fingerprint density at radius 3 is 3.08 bits per heavy atom. The van der Waals surface area contributed by atoms with Gasteiger partial charge in [0.15, 0.2) is 0 Å². The molecular weight excluding hydrogens is 190 g/mol. The third-order valence-electron chi connectivity index (χ3n) is 1.49. The van der Waals surface area contributed by atoms with Crippen LogP contribution in [0, 0.1) is 0 Å². The van der Waals surface area contributed by atoms with Crippen LogP contribution in [0.3, 0.4) is 0 Å². The van der Waals surface area contributed by atoms with Crippen LogP contribution in [0.4, 0.5) is 5.69 Å². The maximum atomic E-state index is 10.7. The second-order valence-corrected chi connectivity index (χ2v) is 3.28. The molecule has 0 amide bonds. The molecule has 0 saturated heterocycles. The Bertz CT molecular complexity index is 260. The van der Waals surface area contributed by atoms with E-state index in [2.05, 4.69) is 5.32 Å². The van der Waals surface area contributed by atoms with Gasteiger partial charge in [-0.3, -0.25) is 0 Å². The van der Waals surface area contributed by atoms with Crippen molar-refractivity contribution in [3.8, 4) is 0 Å². The molecule has 13 heavy (non-hydrogen) atoms. The van der Waals surface area contributed by atoms with E-state index in [0.717, 1.165) is 5.69 Å². The van der Waals surface area contributed by atoms with E-state index in [1.165, 1.54) is 18.4 Å². The van der Waals surface area contributed by atoms with Gasteiger partial charge >= 0.3 is 5.97 Å². The smallest absolute Gasteiger partial charge is 0.328 e. The van der Waals surface area contributed by atoms with Gasteiger partial charge in [0, 0.05) is 18.2 Å². The largest absolute Gasteiger partial charge is 0.480 e. The molecule has 0 spiro atoms. The van der Waals surface area contributed by atoms with Gasteiger partial charge in [0.2, 0.25) is 0 Å². The summed E-state index contributed by atoms with van der Waals surface area (Å²) in [6.45, 7) is 0.158. The number of aliphatic carboxylic acids is 1. The first kappa shape index (κ1) is 10.0. The van der Waals surface area contributed by atoms with E-state index in [-0.39, 0.29) is 6.61 Å². The highest BCUT2D eigenvalue weighted by Crippen LogP contribution is 2.13. The van der Waals surface area contributed by atoms with E-state index in [1.54, 1.807) is 0 Å². The van der Waals surface area contributed by atoms with E-state index in [0.29, 0.717) is 0 Å². The van der Waals surface area contributed by atoms with Crippen molar-refractivity contribution in [3.63, 3.8) is 0 Å². The summed E-state index contributed by atoms with van der Waals surface area (Å²) in [6.07, 6.45) is 0. The summed E-state index contributed by atoms with van der Waals surface area (Å²) in [7, 11) is 1.48. The Kier molecular flexibility index (Phi) is 3.72. The molecule has 72 valence electrons. The Morgan fingerprint density at radius 2 is 2.62 bits per heavy atom. The highest BCUT2D eigenvalue weighted by Gasteiger charge is 2.16. The lowest BCUT2D eigenvalue weighted by atomic mass is 10.3. The summed E-state index contributed by atoms with van der Waals surface area (Å²) in [5, 5.41) is 15.3. The van der Waals surface area contributed by atoms with Crippen LogP contribution in [-0.2, 0) is 9.53 Å². The molecule has 0 bridgehead atoms. The number of hydrogen-bond acceptors (Lipinski definition) is 4. The fraction of sp³-hybridized carbons (Fsp3) is 0.375. The molecule has 0 saturated carbocycles. The number of carbonyl (C=O) groups is 1. The van der Waals surface area contributed by atoms with Crippen molar-refractivity contribution < 1.29 is 14.6 Å². The van der Waals surface area contributed by atoms with Crippen LogP contribution in [-0.4, -0.2) is 30.8 Å². The summed E-state index contributed by atoms with van der Waals surface area (Å²) in [5.74, 6) is -0.909. The standard InChI is InChI=1S/C8H11NO3S/c1-12-4-7(8(10)11)9-6-2-3-13-5-6/h2-3,5,7,9H,4H2,1H3,(H,10,11).